The fraction of sp³-hybridized carbons (Fsp3) is 0.348. The largest absolute Gasteiger partial charge is 0.469 e. The van der Waals surface area contributed by atoms with Crippen molar-refractivity contribution in [2.75, 3.05) is 48.3 Å². The van der Waals surface area contributed by atoms with Crippen LogP contribution < -0.4 is 15.1 Å². The molecule has 30 heavy (non-hydrogen) atoms. The quantitative estimate of drug-likeness (QED) is 0.716. The van der Waals surface area contributed by atoms with Crippen LogP contribution in [0.15, 0.2) is 53.1 Å². The lowest BCUT2D eigenvalue weighted by atomic mass is 9.84. The number of hydrogen-bond acceptors (Lipinski definition) is 7. The highest BCUT2D eigenvalue weighted by Gasteiger charge is 2.33. The summed E-state index contributed by atoms with van der Waals surface area (Å²) in [4.78, 5) is 27.0. The molecule has 0 radical (unpaired) electrons. The Labute approximate surface area is 175 Å². The molecule has 0 spiro atoms. The van der Waals surface area contributed by atoms with Crippen LogP contribution in [0.1, 0.15) is 34.2 Å². The van der Waals surface area contributed by atoms with Crippen LogP contribution in [0.2, 0.25) is 0 Å². The lowest BCUT2D eigenvalue weighted by molar-refractivity contribution is 0.0959. The van der Waals surface area contributed by atoms with E-state index in [0.717, 1.165) is 37.6 Å². The second-order valence-corrected chi connectivity index (χ2v) is 7.80. The summed E-state index contributed by atoms with van der Waals surface area (Å²) >= 11 is 0. The molecule has 1 aromatic carbocycles. The third kappa shape index (κ3) is 3.40. The van der Waals surface area contributed by atoms with Gasteiger partial charge in [0, 0.05) is 57.7 Å². The van der Waals surface area contributed by atoms with Crippen molar-refractivity contribution in [2.24, 2.45) is 0 Å². The monoisotopic (exact) mass is 403 g/mol. The number of fused-ring (bicyclic) bond motifs is 1. The summed E-state index contributed by atoms with van der Waals surface area (Å²) in [5.74, 6) is 2.27. The maximum Gasteiger partial charge on any atom is 0.227 e. The SMILES string of the molecule is CNc1nc(N2CCN(c3ccccc3)CC2)nc2c1C(=O)C[C@H](c1ccco1)C2. The molecule has 1 aliphatic heterocycles. The van der Waals surface area contributed by atoms with Crippen LogP contribution in [0, 0.1) is 0 Å². The number of nitrogens with zero attached hydrogens (tertiary/aromatic N) is 4. The average molecular weight is 403 g/mol. The smallest absolute Gasteiger partial charge is 0.227 e. The summed E-state index contributed by atoms with van der Waals surface area (Å²) < 4.78 is 5.57. The van der Waals surface area contributed by atoms with Crippen molar-refractivity contribution in [3.05, 3.63) is 65.7 Å². The van der Waals surface area contributed by atoms with E-state index in [0.29, 0.717) is 30.2 Å². The number of anilines is 3. The van der Waals surface area contributed by atoms with Gasteiger partial charge >= 0.3 is 0 Å². The predicted molar refractivity (Wildman–Crippen MR) is 117 cm³/mol. The molecule has 0 bridgehead atoms. The number of piperazine rings is 1. The van der Waals surface area contributed by atoms with E-state index >= 15 is 0 Å². The topological polar surface area (TPSA) is 74.5 Å². The van der Waals surface area contributed by atoms with Crippen molar-refractivity contribution in [1.29, 1.82) is 0 Å². The number of benzene rings is 1. The third-order valence-electron chi connectivity index (χ3n) is 5.99. The van der Waals surface area contributed by atoms with Crippen LogP contribution in [-0.2, 0) is 6.42 Å². The van der Waals surface area contributed by atoms with Gasteiger partial charge < -0.3 is 19.5 Å². The Hall–Kier alpha value is -3.35. The van der Waals surface area contributed by atoms with E-state index in [1.54, 1.807) is 6.26 Å². The molecule has 154 valence electrons. The van der Waals surface area contributed by atoms with Crippen molar-refractivity contribution in [2.45, 2.75) is 18.8 Å². The van der Waals surface area contributed by atoms with Gasteiger partial charge in [-0.05, 0) is 24.3 Å². The molecule has 1 atom stereocenters. The molecule has 1 N–H and O–H groups in total. The summed E-state index contributed by atoms with van der Waals surface area (Å²) in [5.41, 5.74) is 2.69. The average Bonchev–Trinajstić information content (AvgIpc) is 3.34. The lowest BCUT2D eigenvalue weighted by Crippen LogP contribution is -2.47. The van der Waals surface area contributed by atoms with Gasteiger partial charge in [-0.25, -0.2) is 4.98 Å². The molecule has 1 aliphatic carbocycles. The van der Waals surface area contributed by atoms with Crippen LogP contribution in [0.4, 0.5) is 17.5 Å². The molecule has 0 amide bonds. The van der Waals surface area contributed by atoms with Crippen molar-refractivity contribution in [3.8, 4) is 0 Å². The normalized spacial score (nSPS) is 19.0. The number of furan rings is 1. The number of nitrogens with one attached hydrogen (secondary N) is 1. The molecular weight excluding hydrogens is 378 g/mol. The molecule has 1 saturated heterocycles. The van der Waals surface area contributed by atoms with E-state index in [1.165, 1.54) is 5.69 Å². The van der Waals surface area contributed by atoms with Gasteiger partial charge in [-0.3, -0.25) is 4.79 Å². The molecule has 2 aromatic heterocycles. The first-order valence-electron chi connectivity index (χ1n) is 10.4. The zero-order valence-corrected chi connectivity index (χ0v) is 17.0. The minimum absolute atomic E-state index is 0.0300. The van der Waals surface area contributed by atoms with Crippen molar-refractivity contribution in [3.63, 3.8) is 0 Å². The van der Waals surface area contributed by atoms with Crippen LogP contribution in [0.5, 0.6) is 0 Å². The summed E-state index contributed by atoms with van der Waals surface area (Å²) in [6.07, 6.45) is 2.77. The standard InChI is InChI=1S/C23H25N5O2/c1-24-22-21-18(14-16(15-19(21)29)20-8-5-13-30-20)25-23(26-22)28-11-9-27(10-12-28)17-6-3-2-4-7-17/h2-8,13,16H,9-12,14-15H2,1H3,(H,24,25,26)/t16-/m1/s1. The number of carbonyl (C=O) groups is 1. The first-order chi connectivity index (χ1) is 14.7. The molecule has 1 fully saturated rings. The van der Waals surface area contributed by atoms with Gasteiger partial charge in [0.05, 0.1) is 17.5 Å². The van der Waals surface area contributed by atoms with Gasteiger partial charge in [0.25, 0.3) is 0 Å². The second-order valence-electron chi connectivity index (χ2n) is 7.80. The number of rotatable bonds is 4. The summed E-state index contributed by atoms with van der Waals surface area (Å²) in [5, 5.41) is 3.12. The number of Topliss-reactive ketones (excluding diaryl/α,β-unsaturated/α-hetero) is 1. The highest BCUT2D eigenvalue weighted by molar-refractivity contribution is 6.03. The zero-order valence-electron chi connectivity index (χ0n) is 17.0. The number of ketones is 1. The minimum atomic E-state index is 0.0300. The first-order valence-corrected chi connectivity index (χ1v) is 10.4. The number of hydrogen-bond donors (Lipinski definition) is 1. The maximum absolute atomic E-state index is 12.9. The number of para-hydroxylation sites is 1. The molecule has 5 rings (SSSR count). The van der Waals surface area contributed by atoms with Crippen molar-refractivity contribution >= 4 is 23.2 Å². The highest BCUT2D eigenvalue weighted by Crippen LogP contribution is 2.35. The van der Waals surface area contributed by atoms with Gasteiger partial charge in [-0.2, -0.15) is 4.98 Å². The Kier molecular flexibility index (Phi) is 4.86. The fourth-order valence-corrected chi connectivity index (χ4v) is 4.42. The molecule has 0 saturated carbocycles. The Morgan fingerprint density at radius 3 is 2.43 bits per heavy atom. The minimum Gasteiger partial charge on any atom is -0.469 e. The Bertz CT molecular complexity index is 1030. The maximum atomic E-state index is 12.9. The van der Waals surface area contributed by atoms with E-state index < -0.39 is 0 Å². The predicted octanol–water partition coefficient (Wildman–Crippen LogP) is 3.35. The van der Waals surface area contributed by atoms with Crippen LogP contribution in [0.3, 0.4) is 0 Å². The van der Waals surface area contributed by atoms with Crippen LogP contribution in [-0.4, -0.2) is 49.0 Å². The Morgan fingerprint density at radius 2 is 1.73 bits per heavy atom. The van der Waals surface area contributed by atoms with Gasteiger partial charge in [-0.1, -0.05) is 18.2 Å². The summed E-state index contributed by atoms with van der Waals surface area (Å²) in [7, 11) is 1.81. The molecule has 3 heterocycles. The molecule has 7 heteroatoms. The molecular formula is C23H25N5O2. The fourth-order valence-electron chi connectivity index (χ4n) is 4.42. The van der Waals surface area contributed by atoms with Gasteiger partial charge in [0.15, 0.2) is 5.78 Å². The number of carbonyl (C=O) groups excluding carboxylic acids is 1. The van der Waals surface area contributed by atoms with E-state index in [1.807, 2.05) is 25.2 Å². The lowest BCUT2D eigenvalue weighted by Gasteiger charge is -2.36. The van der Waals surface area contributed by atoms with Crippen molar-refractivity contribution < 1.29 is 9.21 Å². The Morgan fingerprint density at radius 1 is 0.967 bits per heavy atom. The highest BCUT2D eigenvalue weighted by atomic mass is 16.3. The van der Waals surface area contributed by atoms with Gasteiger partial charge in [0.1, 0.15) is 11.6 Å². The molecule has 0 unspecified atom stereocenters. The van der Waals surface area contributed by atoms with Crippen LogP contribution >= 0.6 is 0 Å². The molecule has 7 nitrogen and oxygen atoms in total. The van der Waals surface area contributed by atoms with E-state index in [4.69, 9.17) is 14.4 Å². The van der Waals surface area contributed by atoms with E-state index in [9.17, 15) is 4.79 Å². The molecule has 3 aromatic rings. The third-order valence-corrected chi connectivity index (χ3v) is 5.99. The Balaban J connectivity index is 1.39. The van der Waals surface area contributed by atoms with Crippen LogP contribution in [0.25, 0.3) is 0 Å². The summed E-state index contributed by atoms with van der Waals surface area (Å²) in [6, 6.07) is 14.3. The van der Waals surface area contributed by atoms with Gasteiger partial charge in [-0.15, -0.1) is 0 Å². The van der Waals surface area contributed by atoms with E-state index in [2.05, 4.69) is 39.4 Å². The zero-order chi connectivity index (χ0) is 20.5. The number of aromatic nitrogens is 2. The summed E-state index contributed by atoms with van der Waals surface area (Å²) in [6.45, 7) is 3.50. The molecule has 2 aliphatic rings. The van der Waals surface area contributed by atoms with Gasteiger partial charge in [0.2, 0.25) is 5.95 Å². The van der Waals surface area contributed by atoms with Crippen molar-refractivity contribution in [1.82, 2.24) is 9.97 Å². The second kappa shape index (κ2) is 7.82. The van der Waals surface area contributed by atoms with E-state index in [-0.39, 0.29) is 11.7 Å². The first kappa shape index (κ1) is 18.7.